The van der Waals surface area contributed by atoms with E-state index in [9.17, 15) is 0 Å². The van der Waals surface area contributed by atoms with Crippen molar-refractivity contribution in [3.05, 3.63) is 11.3 Å². The van der Waals surface area contributed by atoms with Crippen LogP contribution in [0.5, 0.6) is 0 Å². The highest BCUT2D eigenvalue weighted by Crippen LogP contribution is 2.09. The second kappa shape index (κ2) is 6.99. The van der Waals surface area contributed by atoms with Crippen LogP contribution < -0.4 is 5.32 Å². The summed E-state index contributed by atoms with van der Waals surface area (Å²) in [4.78, 5) is 0. The van der Waals surface area contributed by atoms with E-state index in [1.807, 2.05) is 0 Å². The molecule has 0 fully saturated rings. The first kappa shape index (κ1) is 12.5. The Balaban J connectivity index is 4.12. The predicted molar refractivity (Wildman–Crippen MR) is 60.8 cm³/mol. The van der Waals surface area contributed by atoms with Crippen molar-refractivity contribution in [3.8, 4) is 0 Å². The smallest absolute Gasteiger partial charge is 0.0255 e. The van der Waals surface area contributed by atoms with Gasteiger partial charge in [0.25, 0.3) is 0 Å². The molecule has 0 aromatic carbocycles. The summed E-state index contributed by atoms with van der Waals surface area (Å²) in [7, 11) is 0. The number of allylic oxidation sites excluding steroid dienone is 2. The Labute approximate surface area is 83.6 Å². The Morgan fingerprint density at radius 2 is 1.77 bits per heavy atom. The molecule has 0 amide bonds. The van der Waals surface area contributed by atoms with Gasteiger partial charge in [-0.2, -0.15) is 0 Å². The lowest BCUT2D eigenvalue weighted by Gasteiger charge is -2.20. The fourth-order valence-electron chi connectivity index (χ4n) is 1.57. The summed E-state index contributed by atoms with van der Waals surface area (Å²) in [6, 6.07) is 0.676. The molecule has 78 valence electrons. The molecule has 0 aliphatic rings. The zero-order valence-corrected chi connectivity index (χ0v) is 9.91. The van der Waals surface area contributed by atoms with Crippen LogP contribution >= 0.6 is 0 Å². The molecule has 1 nitrogen and oxygen atoms in total. The van der Waals surface area contributed by atoms with Crippen LogP contribution in [0.1, 0.15) is 60.3 Å². The predicted octanol–water partition coefficient (Wildman–Crippen LogP) is 3.86. The Morgan fingerprint density at radius 1 is 1.15 bits per heavy atom. The molecule has 0 aromatic rings. The Kier molecular flexibility index (Phi) is 6.75. The van der Waals surface area contributed by atoms with Crippen LogP contribution in [0.4, 0.5) is 0 Å². The lowest BCUT2D eigenvalue weighted by atomic mass is 10.1. The summed E-state index contributed by atoms with van der Waals surface area (Å²) in [5.74, 6) is 0. The molecule has 1 unspecified atom stereocenters. The molecule has 1 atom stereocenters. The van der Waals surface area contributed by atoms with Gasteiger partial charge in [0, 0.05) is 11.7 Å². The first-order chi connectivity index (χ1) is 6.15. The molecule has 0 rings (SSSR count). The maximum absolute atomic E-state index is 3.63. The summed E-state index contributed by atoms with van der Waals surface area (Å²) < 4.78 is 0. The maximum Gasteiger partial charge on any atom is 0.0255 e. The third kappa shape index (κ3) is 4.97. The van der Waals surface area contributed by atoms with Crippen molar-refractivity contribution < 1.29 is 0 Å². The van der Waals surface area contributed by atoms with Gasteiger partial charge >= 0.3 is 0 Å². The fourth-order valence-corrected chi connectivity index (χ4v) is 1.57. The van der Waals surface area contributed by atoms with Crippen molar-refractivity contribution in [2.24, 2.45) is 0 Å². The normalized spacial score (nSPS) is 12.4. The monoisotopic (exact) mass is 183 g/mol. The van der Waals surface area contributed by atoms with E-state index in [0.29, 0.717) is 6.04 Å². The minimum Gasteiger partial charge on any atom is -0.386 e. The summed E-state index contributed by atoms with van der Waals surface area (Å²) in [5, 5.41) is 3.63. The Bertz CT molecular complexity index is 155. The zero-order valence-electron chi connectivity index (χ0n) is 9.91. The van der Waals surface area contributed by atoms with Gasteiger partial charge in [0.15, 0.2) is 0 Å². The van der Waals surface area contributed by atoms with Gasteiger partial charge in [0.05, 0.1) is 0 Å². The SMILES string of the molecule is CCCC(CC)NC(CC)=C(C)C. The molecule has 0 saturated carbocycles. The highest BCUT2D eigenvalue weighted by atomic mass is 14.9. The zero-order chi connectivity index (χ0) is 10.3. The number of hydrogen-bond donors (Lipinski definition) is 1. The van der Waals surface area contributed by atoms with Crippen molar-refractivity contribution in [3.63, 3.8) is 0 Å². The first-order valence-electron chi connectivity index (χ1n) is 5.58. The van der Waals surface area contributed by atoms with E-state index in [2.05, 4.69) is 39.9 Å². The van der Waals surface area contributed by atoms with Crippen molar-refractivity contribution in [2.45, 2.75) is 66.3 Å². The molecule has 0 bridgehead atoms. The lowest BCUT2D eigenvalue weighted by Crippen LogP contribution is -2.28. The van der Waals surface area contributed by atoms with E-state index >= 15 is 0 Å². The van der Waals surface area contributed by atoms with E-state index in [0.717, 1.165) is 6.42 Å². The molecule has 0 spiro atoms. The molecule has 1 N–H and O–H groups in total. The number of nitrogens with one attached hydrogen (secondary N) is 1. The van der Waals surface area contributed by atoms with E-state index < -0.39 is 0 Å². The standard InChI is InChI=1S/C12H25N/c1-6-9-11(7-2)13-12(8-3)10(4)5/h11,13H,6-9H2,1-5H3. The minimum absolute atomic E-state index is 0.676. The molecule has 0 radical (unpaired) electrons. The third-order valence-corrected chi connectivity index (χ3v) is 2.47. The van der Waals surface area contributed by atoms with Crippen LogP contribution in [0.15, 0.2) is 11.3 Å². The molecule has 1 heteroatoms. The van der Waals surface area contributed by atoms with Crippen LogP contribution in [0.2, 0.25) is 0 Å². The largest absolute Gasteiger partial charge is 0.386 e. The topological polar surface area (TPSA) is 12.0 Å². The van der Waals surface area contributed by atoms with Gasteiger partial charge < -0.3 is 5.32 Å². The highest BCUT2D eigenvalue weighted by molar-refractivity contribution is 5.08. The van der Waals surface area contributed by atoms with Crippen LogP contribution in [0.3, 0.4) is 0 Å². The maximum atomic E-state index is 3.63. The molecule has 0 saturated heterocycles. The fraction of sp³-hybridized carbons (Fsp3) is 0.833. The molecular formula is C12H25N. The molecule has 0 aromatic heterocycles. The van der Waals surface area contributed by atoms with Crippen molar-refractivity contribution in [2.75, 3.05) is 0 Å². The van der Waals surface area contributed by atoms with Crippen LogP contribution in [-0.2, 0) is 0 Å². The Morgan fingerprint density at radius 3 is 2.08 bits per heavy atom. The van der Waals surface area contributed by atoms with Gasteiger partial charge in [0.2, 0.25) is 0 Å². The minimum atomic E-state index is 0.676. The van der Waals surface area contributed by atoms with Gasteiger partial charge in [-0.05, 0) is 33.1 Å². The molecule has 0 aliphatic carbocycles. The molecule has 13 heavy (non-hydrogen) atoms. The average Bonchev–Trinajstić information content (AvgIpc) is 2.11. The van der Waals surface area contributed by atoms with Crippen LogP contribution in [0.25, 0.3) is 0 Å². The van der Waals surface area contributed by atoms with E-state index in [1.54, 1.807) is 0 Å². The molecule has 0 heterocycles. The van der Waals surface area contributed by atoms with Gasteiger partial charge in [-0.15, -0.1) is 0 Å². The second-order valence-corrected chi connectivity index (χ2v) is 3.87. The Hall–Kier alpha value is -0.460. The second-order valence-electron chi connectivity index (χ2n) is 3.87. The third-order valence-electron chi connectivity index (χ3n) is 2.47. The van der Waals surface area contributed by atoms with Crippen molar-refractivity contribution in [1.29, 1.82) is 0 Å². The van der Waals surface area contributed by atoms with Crippen molar-refractivity contribution >= 4 is 0 Å². The average molecular weight is 183 g/mol. The summed E-state index contributed by atoms with van der Waals surface area (Å²) in [6.07, 6.45) is 4.91. The van der Waals surface area contributed by atoms with Gasteiger partial charge in [-0.1, -0.05) is 32.8 Å². The number of hydrogen-bond acceptors (Lipinski definition) is 1. The number of rotatable bonds is 6. The van der Waals surface area contributed by atoms with Crippen molar-refractivity contribution in [1.82, 2.24) is 5.32 Å². The van der Waals surface area contributed by atoms with Gasteiger partial charge in [-0.3, -0.25) is 0 Å². The van der Waals surface area contributed by atoms with Gasteiger partial charge in [-0.25, -0.2) is 0 Å². The summed E-state index contributed by atoms with van der Waals surface area (Å²) in [6.45, 7) is 11.1. The van der Waals surface area contributed by atoms with E-state index in [-0.39, 0.29) is 0 Å². The van der Waals surface area contributed by atoms with E-state index in [4.69, 9.17) is 0 Å². The van der Waals surface area contributed by atoms with Crippen LogP contribution in [-0.4, -0.2) is 6.04 Å². The highest BCUT2D eigenvalue weighted by Gasteiger charge is 2.05. The first-order valence-corrected chi connectivity index (χ1v) is 5.58. The summed E-state index contributed by atoms with van der Waals surface area (Å²) >= 11 is 0. The van der Waals surface area contributed by atoms with Crippen LogP contribution in [0, 0.1) is 0 Å². The summed E-state index contributed by atoms with van der Waals surface area (Å²) in [5.41, 5.74) is 2.86. The molecule has 0 aliphatic heterocycles. The van der Waals surface area contributed by atoms with E-state index in [1.165, 1.54) is 30.5 Å². The lowest BCUT2D eigenvalue weighted by molar-refractivity contribution is 0.496. The quantitative estimate of drug-likeness (QED) is 0.659. The van der Waals surface area contributed by atoms with Gasteiger partial charge in [0.1, 0.15) is 0 Å². The molecular weight excluding hydrogens is 158 g/mol.